The Morgan fingerprint density at radius 2 is 1.31 bits per heavy atom. The van der Waals surface area contributed by atoms with Gasteiger partial charge in [-0.15, -0.1) is 0 Å². The van der Waals surface area contributed by atoms with Gasteiger partial charge in [0.25, 0.3) is 11.8 Å². The van der Waals surface area contributed by atoms with Crippen molar-refractivity contribution in [1.29, 1.82) is 0 Å². The van der Waals surface area contributed by atoms with Gasteiger partial charge in [-0.3, -0.25) is 9.59 Å². The Balaban J connectivity index is 1.51. The molecule has 1 heterocycles. The molecule has 0 atom stereocenters. The van der Waals surface area contributed by atoms with Crippen molar-refractivity contribution in [3.05, 3.63) is 77.9 Å². The number of carbonyl (C=O) groups excluding carboxylic acids is 2. The van der Waals surface area contributed by atoms with Crippen LogP contribution in [0.25, 0.3) is 10.8 Å². The van der Waals surface area contributed by atoms with E-state index in [1.165, 1.54) is 0 Å². The smallest absolute Gasteiger partial charge is 0.257 e. The van der Waals surface area contributed by atoms with E-state index in [4.69, 9.17) is 4.74 Å². The zero-order chi connectivity index (χ0) is 20.2. The third-order valence-electron chi connectivity index (χ3n) is 5.43. The molecular formula is C24H24N2O3. The fourth-order valence-corrected chi connectivity index (χ4v) is 3.90. The first-order valence-electron chi connectivity index (χ1n) is 9.88. The van der Waals surface area contributed by atoms with E-state index in [-0.39, 0.29) is 11.8 Å². The summed E-state index contributed by atoms with van der Waals surface area (Å²) in [4.78, 5) is 29.9. The molecule has 0 saturated carbocycles. The highest BCUT2D eigenvalue weighted by Crippen LogP contribution is 2.22. The van der Waals surface area contributed by atoms with Crippen LogP contribution in [-0.4, -0.2) is 54.9 Å². The molecule has 5 nitrogen and oxygen atoms in total. The summed E-state index contributed by atoms with van der Waals surface area (Å²) in [6.07, 6.45) is 0.747. The third kappa shape index (κ3) is 3.81. The molecule has 0 spiro atoms. The van der Waals surface area contributed by atoms with Crippen molar-refractivity contribution >= 4 is 22.6 Å². The molecule has 0 N–H and O–H groups in total. The van der Waals surface area contributed by atoms with Gasteiger partial charge >= 0.3 is 0 Å². The number of ether oxygens (including phenoxy) is 1. The van der Waals surface area contributed by atoms with Gasteiger partial charge in [0.05, 0.1) is 12.7 Å². The van der Waals surface area contributed by atoms with Gasteiger partial charge in [-0.05, 0) is 35.4 Å². The molecule has 3 aromatic rings. The Labute approximate surface area is 170 Å². The Hall–Kier alpha value is -3.34. The SMILES string of the molecule is COc1ccccc1C(=O)N1CCCN(C(=O)c2cccc3ccccc23)CC1. The average Bonchev–Trinajstić information content (AvgIpc) is 3.04. The molecular weight excluding hydrogens is 364 g/mol. The second kappa shape index (κ2) is 8.35. The maximum atomic E-state index is 13.2. The van der Waals surface area contributed by atoms with Gasteiger partial charge in [0.15, 0.2) is 0 Å². The van der Waals surface area contributed by atoms with Crippen LogP contribution in [0.1, 0.15) is 27.1 Å². The first-order valence-corrected chi connectivity index (χ1v) is 9.88. The zero-order valence-electron chi connectivity index (χ0n) is 16.5. The molecule has 1 aliphatic rings. The first-order chi connectivity index (χ1) is 14.2. The van der Waals surface area contributed by atoms with E-state index in [0.717, 1.165) is 17.2 Å². The van der Waals surface area contributed by atoms with Crippen LogP contribution in [0.3, 0.4) is 0 Å². The molecule has 1 saturated heterocycles. The maximum Gasteiger partial charge on any atom is 0.257 e. The number of rotatable bonds is 3. The van der Waals surface area contributed by atoms with Crippen LogP contribution in [0.5, 0.6) is 5.75 Å². The number of carbonyl (C=O) groups is 2. The topological polar surface area (TPSA) is 49.9 Å². The van der Waals surface area contributed by atoms with Crippen molar-refractivity contribution in [2.45, 2.75) is 6.42 Å². The number of hydrogen-bond acceptors (Lipinski definition) is 3. The van der Waals surface area contributed by atoms with Gasteiger partial charge in [-0.1, -0.05) is 48.5 Å². The number of benzene rings is 3. The Morgan fingerprint density at radius 1 is 0.724 bits per heavy atom. The molecule has 0 aliphatic carbocycles. The number of methoxy groups -OCH3 is 1. The Kier molecular flexibility index (Phi) is 5.47. The molecule has 0 unspecified atom stereocenters. The van der Waals surface area contributed by atoms with Crippen molar-refractivity contribution in [3.63, 3.8) is 0 Å². The van der Waals surface area contributed by atoms with Gasteiger partial charge in [0.2, 0.25) is 0 Å². The van der Waals surface area contributed by atoms with Gasteiger partial charge in [-0.2, -0.15) is 0 Å². The highest BCUT2D eigenvalue weighted by atomic mass is 16.5. The van der Waals surface area contributed by atoms with E-state index in [0.29, 0.717) is 43.1 Å². The number of para-hydroxylation sites is 1. The summed E-state index contributed by atoms with van der Waals surface area (Å²) in [7, 11) is 1.57. The molecule has 1 fully saturated rings. The number of nitrogens with zero attached hydrogens (tertiary/aromatic N) is 2. The van der Waals surface area contributed by atoms with Crippen LogP contribution in [0.15, 0.2) is 66.7 Å². The Bertz CT molecular complexity index is 1040. The van der Waals surface area contributed by atoms with Crippen LogP contribution in [0.2, 0.25) is 0 Å². The quantitative estimate of drug-likeness (QED) is 0.685. The highest BCUT2D eigenvalue weighted by Gasteiger charge is 2.25. The van der Waals surface area contributed by atoms with Crippen molar-refractivity contribution in [1.82, 2.24) is 9.80 Å². The molecule has 5 heteroatoms. The second-order valence-corrected chi connectivity index (χ2v) is 7.16. The van der Waals surface area contributed by atoms with Crippen LogP contribution in [-0.2, 0) is 0 Å². The van der Waals surface area contributed by atoms with Gasteiger partial charge < -0.3 is 14.5 Å². The molecule has 2 amide bonds. The van der Waals surface area contributed by atoms with Crippen LogP contribution >= 0.6 is 0 Å². The lowest BCUT2D eigenvalue weighted by atomic mass is 10.0. The number of fused-ring (bicyclic) bond motifs is 1. The fraction of sp³-hybridized carbons (Fsp3) is 0.250. The summed E-state index contributed by atoms with van der Waals surface area (Å²) in [5.74, 6) is 0.542. The van der Waals surface area contributed by atoms with Crippen molar-refractivity contribution < 1.29 is 14.3 Å². The van der Waals surface area contributed by atoms with Crippen LogP contribution in [0, 0.1) is 0 Å². The first kappa shape index (κ1) is 19.0. The molecule has 148 valence electrons. The summed E-state index contributed by atoms with van der Waals surface area (Å²) in [6.45, 7) is 2.28. The summed E-state index contributed by atoms with van der Waals surface area (Å²) in [5.41, 5.74) is 1.27. The summed E-state index contributed by atoms with van der Waals surface area (Å²) in [5, 5.41) is 2.02. The second-order valence-electron chi connectivity index (χ2n) is 7.16. The number of amides is 2. The minimum Gasteiger partial charge on any atom is -0.496 e. The van der Waals surface area contributed by atoms with Gasteiger partial charge in [0.1, 0.15) is 5.75 Å². The lowest BCUT2D eigenvalue weighted by molar-refractivity contribution is 0.0718. The summed E-state index contributed by atoms with van der Waals surface area (Å²) >= 11 is 0. The lowest BCUT2D eigenvalue weighted by Crippen LogP contribution is -2.37. The molecule has 4 rings (SSSR count). The molecule has 29 heavy (non-hydrogen) atoms. The van der Waals surface area contributed by atoms with Gasteiger partial charge in [0, 0.05) is 31.7 Å². The standard InChI is InChI=1S/C24H24N2O3/c1-29-22-13-5-4-11-21(22)24(28)26-15-7-14-25(16-17-26)23(27)20-12-6-9-18-8-2-3-10-19(18)20/h2-6,8-13H,7,14-17H2,1H3. The summed E-state index contributed by atoms with van der Waals surface area (Å²) in [6, 6.07) is 21.0. The summed E-state index contributed by atoms with van der Waals surface area (Å²) < 4.78 is 5.33. The molecule has 1 aliphatic heterocycles. The lowest BCUT2D eigenvalue weighted by Gasteiger charge is -2.23. The van der Waals surface area contributed by atoms with Gasteiger partial charge in [-0.25, -0.2) is 0 Å². The highest BCUT2D eigenvalue weighted by molar-refractivity contribution is 6.07. The fourth-order valence-electron chi connectivity index (χ4n) is 3.90. The average molecular weight is 388 g/mol. The predicted molar refractivity (Wildman–Crippen MR) is 113 cm³/mol. The van der Waals surface area contributed by atoms with E-state index in [1.54, 1.807) is 19.2 Å². The van der Waals surface area contributed by atoms with Crippen molar-refractivity contribution in [2.24, 2.45) is 0 Å². The van der Waals surface area contributed by atoms with Crippen molar-refractivity contribution in [2.75, 3.05) is 33.3 Å². The number of hydrogen-bond donors (Lipinski definition) is 0. The van der Waals surface area contributed by atoms with Crippen LogP contribution < -0.4 is 4.74 Å². The van der Waals surface area contributed by atoms with Crippen LogP contribution in [0.4, 0.5) is 0 Å². The van der Waals surface area contributed by atoms with E-state index >= 15 is 0 Å². The minimum atomic E-state index is -0.0538. The van der Waals surface area contributed by atoms with E-state index in [9.17, 15) is 9.59 Å². The van der Waals surface area contributed by atoms with E-state index < -0.39 is 0 Å². The Morgan fingerprint density at radius 3 is 2.07 bits per heavy atom. The van der Waals surface area contributed by atoms with E-state index in [2.05, 4.69) is 0 Å². The molecule has 0 bridgehead atoms. The molecule has 0 aromatic heterocycles. The van der Waals surface area contributed by atoms with E-state index in [1.807, 2.05) is 64.4 Å². The predicted octanol–water partition coefficient (Wildman–Crippen LogP) is 3.84. The molecule has 0 radical (unpaired) electrons. The zero-order valence-corrected chi connectivity index (χ0v) is 16.5. The normalized spacial score (nSPS) is 14.5. The molecule has 3 aromatic carbocycles. The largest absolute Gasteiger partial charge is 0.496 e. The van der Waals surface area contributed by atoms with Crippen molar-refractivity contribution in [3.8, 4) is 5.75 Å². The minimum absolute atomic E-state index is 0.0217. The monoisotopic (exact) mass is 388 g/mol. The third-order valence-corrected chi connectivity index (χ3v) is 5.43. The maximum absolute atomic E-state index is 13.2.